The monoisotopic (exact) mass is 556 g/mol. The fourth-order valence-electron chi connectivity index (χ4n) is 4.45. The largest absolute Gasteiger partial charge is 0.493 e. The van der Waals surface area contributed by atoms with Crippen molar-refractivity contribution in [3.8, 4) is 5.88 Å². The van der Waals surface area contributed by atoms with E-state index < -0.39 is 23.3 Å². The van der Waals surface area contributed by atoms with Gasteiger partial charge in [-0.05, 0) is 49.7 Å². The molecule has 1 unspecified atom stereocenters. The number of azo groups is 1. The average molecular weight is 557 g/mol. The van der Waals surface area contributed by atoms with Gasteiger partial charge in [0.1, 0.15) is 17.3 Å². The topological polar surface area (TPSA) is 142 Å². The van der Waals surface area contributed by atoms with Crippen LogP contribution in [0.1, 0.15) is 28.5 Å². The predicted molar refractivity (Wildman–Crippen MR) is 152 cm³/mol. The lowest BCUT2D eigenvalue weighted by Crippen LogP contribution is -2.43. The molecule has 1 atom stereocenters. The van der Waals surface area contributed by atoms with Gasteiger partial charge < -0.3 is 20.0 Å². The second-order valence-electron chi connectivity index (χ2n) is 9.25. The highest BCUT2D eigenvalue weighted by atomic mass is 35.5. The van der Waals surface area contributed by atoms with Crippen LogP contribution in [0.2, 0.25) is 5.02 Å². The molecule has 202 valence electrons. The van der Waals surface area contributed by atoms with Gasteiger partial charge in [0.05, 0.1) is 10.9 Å². The van der Waals surface area contributed by atoms with E-state index in [1.165, 1.54) is 6.20 Å². The van der Waals surface area contributed by atoms with Gasteiger partial charge in [-0.1, -0.05) is 41.9 Å². The lowest BCUT2D eigenvalue weighted by atomic mass is 10.0. The van der Waals surface area contributed by atoms with Gasteiger partial charge in [-0.2, -0.15) is 0 Å². The van der Waals surface area contributed by atoms with Crippen molar-refractivity contribution in [2.24, 2.45) is 10.2 Å². The summed E-state index contributed by atoms with van der Waals surface area (Å²) >= 11 is 6.08. The van der Waals surface area contributed by atoms with Crippen molar-refractivity contribution in [3.05, 3.63) is 98.9 Å². The molecular formula is C29H25ClN6O4. The highest BCUT2D eigenvalue weighted by Gasteiger charge is 2.25. The number of benzene rings is 2. The number of aromatic nitrogens is 3. The van der Waals surface area contributed by atoms with Crippen molar-refractivity contribution in [1.82, 2.24) is 19.9 Å². The molecule has 0 bridgehead atoms. The van der Waals surface area contributed by atoms with Gasteiger partial charge in [-0.15, -0.1) is 10.2 Å². The van der Waals surface area contributed by atoms with Gasteiger partial charge in [-0.25, -0.2) is 4.98 Å². The summed E-state index contributed by atoms with van der Waals surface area (Å²) < 4.78 is 1.72. The van der Waals surface area contributed by atoms with Crippen LogP contribution in [-0.4, -0.2) is 37.5 Å². The van der Waals surface area contributed by atoms with Crippen LogP contribution in [0.5, 0.6) is 5.88 Å². The zero-order chi connectivity index (χ0) is 28.4. The molecule has 0 fully saturated rings. The summed E-state index contributed by atoms with van der Waals surface area (Å²) in [6.45, 7) is 4.18. The van der Waals surface area contributed by atoms with E-state index in [1.54, 1.807) is 34.9 Å². The molecule has 3 N–H and O–H groups in total. The van der Waals surface area contributed by atoms with E-state index in [4.69, 9.17) is 11.6 Å². The number of halogens is 1. The Morgan fingerprint density at radius 1 is 1.12 bits per heavy atom. The van der Waals surface area contributed by atoms with E-state index in [-0.39, 0.29) is 23.6 Å². The summed E-state index contributed by atoms with van der Waals surface area (Å²) in [6.07, 6.45) is 1.55. The number of amides is 2. The molecule has 40 heavy (non-hydrogen) atoms. The SMILES string of the molecule is CCn1cc(C(=O)NC(Cc2ccccc2)C(=O)N=Nc2c(O)[nH]c3ccc(Cl)cc23)c(=O)c2ccc(C)nc21. The second kappa shape index (κ2) is 11.1. The Morgan fingerprint density at radius 3 is 2.65 bits per heavy atom. The summed E-state index contributed by atoms with van der Waals surface area (Å²) in [5.41, 5.74) is 1.98. The minimum Gasteiger partial charge on any atom is -0.493 e. The van der Waals surface area contributed by atoms with Crippen LogP contribution in [0.3, 0.4) is 0 Å². The molecule has 0 spiro atoms. The Labute approximate surface area is 233 Å². The van der Waals surface area contributed by atoms with Gasteiger partial charge in [0.15, 0.2) is 5.69 Å². The Balaban J connectivity index is 1.49. The molecule has 0 radical (unpaired) electrons. The third-order valence-corrected chi connectivity index (χ3v) is 6.73. The van der Waals surface area contributed by atoms with Crippen LogP contribution >= 0.6 is 11.6 Å². The van der Waals surface area contributed by atoms with Gasteiger partial charge >= 0.3 is 0 Å². The lowest BCUT2D eigenvalue weighted by molar-refractivity contribution is -0.120. The molecule has 2 aromatic carbocycles. The van der Waals surface area contributed by atoms with Crippen molar-refractivity contribution < 1.29 is 14.7 Å². The van der Waals surface area contributed by atoms with Crippen LogP contribution < -0.4 is 10.7 Å². The van der Waals surface area contributed by atoms with Gasteiger partial charge in [-0.3, -0.25) is 14.4 Å². The summed E-state index contributed by atoms with van der Waals surface area (Å²) in [4.78, 5) is 47.2. The molecule has 5 rings (SSSR count). The first-order valence-electron chi connectivity index (χ1n) is 12.6. The highest BCUT2D eigenvalue weighted by Crippen LogP contribution is 2.36. The van der Waals surface area contributed by atoms with E-state index in [0.717, 1.165) is 11.3 Å². The summed E-state index contributed by atoms with van der Waals surface area (Å²) in [5, 5.41) is 22.0. The number of H-pyrrole nitrogens is 1. The molecule has 0 saturated carbocycles. The Kier molecular flexibility index (Phi) is 7.43. The van der Waals surface area contributed by atoms with E-state index in [0.29, 0.717) is 33.5 Å². The molecule has 0 aliphatic heterocycles. The van der Waals surface area contributed by atoms with Crippen molar-refractivity contribution in [3.63, 3.8) is 0 Å². The maximum Gasteiger partial charge on any atom is 0.287 e. The smallest absolute Gasteiger partial charge is 0.287 e. The molecule has 0 aliphatic carbocycles. The molecule has 2 amide bonds. The Morgan fingerprint density at radius 2 is 1.90 bits per heavy atom. The maximum atomic E-state index is 13.4. The first-order valence-corrected chi connectivity index (χ1v) is 12.9. The van der Waals surface area contributed by atoms with E-state index >= 15 is 0 Å². The Hall–Kier alpha value is -4.83. The number of pyridine rings is 2. The van der Waals surface area contributed by atoms with Crippen molar-refractivity contribution in [1.29, 1.82) is 0 Å². The molecule has 3 heterocycles. The van der Waals surface area contributed by atoms with Crippen LogP contribution in [0.15, 0.2) is 81.9 Å². The zero-order valence-corrected chi connectivity index (χ0v) is 22.4. The second-order valence-corrected chi connectivity index (χ2v) is 9.68. The number of rotatable bonds is 7. The van der Waals surface area contributed by atoms with E-state index in [2.05, 4.69) is 25.5 Å². The number of aryl methyl sites for hydroxylation is 2. The van der Waals surface area contributed by atoms with Gasteiger partial charge in [0.25, 0.3) is 11.8 Å². The van der Waals surface area contributed by atoms with Gasteiger partial charge in [0.2, 0.25) is 11.3 Å². The standard InChI is InChI=1S/C29H25ClN6O4/c1-3-36-15-21(25(37)19-11-9-16(2)31-26(19)36)27(38)33-23(13-17-7-5-4-6-8-17)28(39)35-34-24-20-14-18(30)10-12-22(20)32-29(24)40/h4-12,14-15,23,32,40H,3,13H2,1-2H3,(H,33,38). The summed E-state index contributed by atoms with van der Waals surface area (Å²) in [6, 6.07) is 16.2. The van der Waals surface area contributed by atoms with Crippen molar-refractivity contribution >= 4 is 51.0 Å². The lowest BCUT2D eigenvalue weighted by Gasteiger charge is -2.16. The number of carbonyl (C=O) groups excluding carboxylic acids is 2. The number of aromatic amines is 1. The first kappa shape index (κ1) is 26.8. The molecule has 10 nitrogen and oxygen atoms in total. The van der Waals surface area contributed by atoms with Crippen molar-refractivity contribution in [2.45, 2.75) is 32.9 Å². The minimum atomic E-state index is -1.14. The van der Waals surface area contributed by atoms with Crippen LogP contribution in [0.4, 0.5) is 5.69 Å². The van der Waals surface area contributed by atoms with Crippen LogP contribution in [0, 0.1) is 6.92 Å². The molecule has 0 aliphatic rings. The summed E-state index contributed by atoms with van der Waals surface area (Å²) in [7, 11) is 0. The number of nitrogens with zero attached hydrogens (tertiary/aromatic N) is 4. The van der Waals surface area contributed by atoms with Gasteiger partial charge in [0, 0.05) is 35.3 Å². The van der Waals surface area contributed by atoms with E-state index in [1.807, 2.05) is 44.2 Å². The number of fused-ring (bicyclic) bond motifs is 2. The number of hydrogen-bond acceptors (Lipinski definition) is 6. The fraction of sp³-hybridized carbons (Fsp3) is 0.172. The molecule has 11 heteroatoms. The average Bonchev–Trinajstić information content (AvgIpc) is 3.25. The minimum absolute atomic E-state index is 0.0405. The molecule has 0 saturated heterocycles. The maximum absolute atomic E-state index is 13.4. The van der Waals surface area contributed by atoms with Crippen LogP contribution in [0.25, 0.3) is 21.9 Å². The predicted octanol–water partition coefficient (Wildman–Crippen LogP) is 5.22. The van der Waals surface area contributed by atoms with E-state index in [9.17, 15) is 19.5 Å². The van der Waals surface area contributed by atoms with Crippen molar-refractivity contribution in [2.75, 3.05) is 0 Å². The third kappa shape index (κ3) is 5.34. The summed E-state index contributed by atoms with van der Waals surface area (Å²) in [5.74, 6) is -1.76. The molecule has 5 aromatic rings. The normalized spacial score (nSPS) is 12.3. The number of aromatic hydroxyl groups is 1. The number of carbonyl (C=O) groups is 2. The highest BCUT2D eigenvalue weighted by molar-refractivity contribution is 6.31. The van der Waals surface area contributed by atoms with Crippen LogP contribution in [-0.2, 0) is 17.8 Å². The third-order valence-electron chi connectivity index (χ3n) is 6.49. The number of hydrogen-bond donors (Lipinski definition) is 3. The quantitative estimate of drug-likeness (QED) is 0.236. The zero-order valence-electron chi connectivity index (χ0n) is 21.7. The molecule has 3 aromatic heterocycles. The number of nitrogens with one attached hydrogen (secondary N) is 2. The fourth-order valence-corrected chi connectivity index (χ4v) is 4.63. The Bertz CT molecular complexity index is 1850. The molecular weight excluding hydrogens is 532 g/mol. The first-order chi connectivity index (χ1) is 19.2.